The second kappa shape index (κ2) is 8.87. The van der Waals surface area contributed by atoms with E-state index in [1.54, 1.807) is 18.3 Å². The Bertz CT molecular complexity index is 837. The van der Waals surface area contributed by atoms with E-state index in [2.05, 4.69) is 15.6 Å². The van der Waals surface area contributed by atoms with Crippen molar-refractivity contribution in [2.75, 3.05) is 5.32 Å². The van der Waals surface area contributed by atoms with Crippen molar-refractivity contribution in [2.24, 2.45) is 0 Å². The molecule has 2 N–H and O–H groups in total. The van der Waals surface area contributed by atoms with Gasteiger partial charge in [-0.2, -0.15) is 0 Å². The SMILES string of the molecule is O=C(NCc1ccccn1)Nc1ccc(OCc2ccc(Cl)cc2)cc1. The predicted octanol–water partition coefficient (Wildman–Crippen LogP) is 4.64. The lowest BCUT2D eigenvalue weighted by Crippen LogP contribution is -2.28. The van der Waals surface area contributed by atoms with Crippen molar-refractivity contribution >= 4 is 23.3 Å². The first kappa shape index (κ1) is 17.8. The van der Waals surface area contributed by atoms with Crippen LogP contribution in [0.2, 0.25) is 5.02 Å². The lowest BCUT2D eigenvalue weighted by atomic mass is 10.2. The first-order chi connectivity index (χ1) is 12.7. The minimum atomic E-state index is -0.287. The number of carbonyl (C=O) groups is 1. The van der Waals surface area contributed by atoms with Crippen molar-refractivity contribution in [3.63, 3.8) is 0 Å². The molecule has 0 unspecified atom stereocenters. The maximum absolute atomic E-state index is 11.9. The summed E-state index contributed by atoms with van der Waals surface area (Å²) in [5.41, 5.74) is 2.52. The Kier molecular flexibility index (Phi) is 6.06. The van der Waals surface area contributed by atoms with Crippen LogP contribution in [0.3, 0.4) is 0 Å². The number of aromatic nitrogens is 1. The Labute approximate surface area is 157 Å². The maximum Gasteiger partial charge on any atom is 0.319 e. The summed E-state index contributed by atoms with van der Waals surface area (Å²) in [6.07, 6.45) is 1.69. The Balaban J connectivity index is 1.46. The molecule has 0 saturated carbocycles. The van der Waals surface area contributed by atoms with E-state index in [0.29, 0.717) is 23.9 Å². The lowest BCUT2D eigenvalue weighted by molar-refractivity contribution is 0.251. The topological polar surface area (TPSA) is 63.2 Å². The molecule has 0 atom stereocenters. The molecule has 1 heterocycles. The molecule has 0 spiro atoms. The van der Waals surface area contributed by atoms with Crippen LogP contribution in [0.1, 0.15) is 11.3 Å². The van der Waals surface area contributed by atoms with Gasteiger partial charge in [-0.25, -0.2) is 4.79 Å². The van der Waals surface area contributed by atoms with Gasteiger partial charge in [0.2, 0.25) is 0 Å². The first-order valence-corrected chi connectivity index (χ1v) is 8.49. The summed E-state index contributed by atoms with van der Waals surface area (Å²) < 4.78 is 5.72. The highest BCUT2D eigenvalue weighted by Gasteiger charge is 2.03. The molecule has 0 radical (unpaired) electrons. The maximum atomic E-state index is 11.9. The van der Waals surface area contributed by atoms with Gasteiger partial charge >= 0.3 is 6.03 Å². The zero-order chi connectivity index (χ0) is 18.2. The smallest absolute Gasteiger partial charge is 0.319 e. The van der Waals surface area contributed by atoms with Crippen LogP contribution in [0.5, 0.6) is 5.75 Å². The van der Waals surface area contributed by atoms with Gasteiger partial charge in [-0.15, -0.1) is 0 Å². The summed E-state index contributed by atoms with van der Waals surface area (Å²) in [6, 6.07) is 20.0. The second-order valence-corrected chi connectivity index (χ2v) is 6.00. The van der Waals surface area contributed by atoms with Crippen molar-refractivity contribution in [3.8, 4) is 5.75 Å². The average Bonchev–Trinajstić information content (AvgIpc) is 2.68. The van der Waals surface area contributed by atoms with Gasteiger partial charge in [-0.3, -0.25) is 4.98 Å². The number of nitrogens with zero attached hydrogens (tertiary/aromatic N) is 1. The van der Waals surface area contributed by atoms with Crippen molar-refractivity contribution in [2.45, 2.75) is 13.2 Å². The van der Waals surface area contributed by atoms with Gasteiger partial charge in [0.05, 0.1) is 12.2 Å². The van der Waals surface area contributed by atoms with Crippen LogP contribution in [0.4, 0.5) is 10.5 Å². The fourth-order valence-corrected chi connectivity index (χ4v) is 2.36. The van der Waals surface area contributed by atoms with Crippen molar-refractivity contribution < 1.29 is 9.53 Å². The summed E-state index contributed by atoms with van der Waals surface area (Å²) in [4.78, 5) is 16.1. The number of nitrogens with one attached hydrogen (secondary N) is 2. The summed E-state index contributed by atoms with van der Waals surface area (Å²) in [7, 11) is 0. The standard InChI is InChI=1S/C20H18ClN3O2/c21-16-6-4-15(5-7-16)14-26-19-10-8-17(9-11-19)24-20(25)23-13-18-3-1-2-12-22-18/h1-12H,13-14H2,(H2,23,24,25). The molecule has 26 heavy (non-hydrogen) atoms. The number of carbonyl (C=O) groups excluding carboxylic acids is 1. The monoisotopic (exact) mass is 367 g/mol. The summed E-state index contributed by atoms with van der Waals surface area (Å²) >= 11 is 5.86. The fraction of sp³-hybridized carbons (Fsp3) is 0.100. The highest BCUT2D eigenvalue weighted by Crippen LogP contribution is 2.18. The number of amides is 2. The number of ether oxygens (including phenoxy) is 1. The normalized spacial score (nSPS) is 10.2. The van der Waals surface area contributed by atoms with Gasteiger partial charge in [0, 0.05) is 16.9 Å². The molecule has 0 aliphatic rings. The number of hydrogen-bond acceptors (Lipinski definition) is 3. The van der Waals surface area contributed by atoms with Gasteiger partial charge in [0.25, 0.3) is 0 Å². The van der Waals surface area contributed by atoms with Crippen LogP contribution in [0, 0.1) is 0 Å². The first-order valence-electron chi connectivity index (χ1n) is 8.11. The molecular weight excluding hydrogens is 350 g/mol. The van der Waals surface area contributed by atoms with Crippen LogP contribution in [0.15, 0.2) is 72.9 Å². The summed E-state index contributed by atoms with van der Waals surface area (Å²) in [6.45, 7) is 0.823. The Morgan fingerprint density at radius 1 is 1.00 bits per heavy atom. The second-order valence-electron chi connectivity index (χ2n) is 5.57. The molecule has 0 fully saturated rings. The van der Waals surface area contributed by atoms with Gasteiger partial charge < -0.3 is 15.4 Å². The molecule has 6 heteroatoms. The van der Waals surface area contributed by atoms with Crippen molar-refractivity contribution in [3.05, 3.63) is 89.2 Å². The zero-order valence-corrected chi connectivity index (χ0v) is 14.7. The van der Waals surface area contributed by atoms with E-state index in [0.717, 1.165) is 17.0 Å². The molecular formula is C20H18ClN3O2. The number of rotatable bonds is 6. The van der Waals surface area contributed by atoms with Crippen LogP contribution in [0.25, 0.3) is 0 Å². The lowest BCUT2D eigenvalue weighted by Gasteiger charge is -2.09. The van der Waals surface area contributed by atoms with Gasteiger partial charge in [0.1, 0.15) is 12.4 Å². The van der Waals surface area contributed by atoms with E-state index in [9.17, 15) is 4.79 Å². The minimum absolute atomic E-state index is 0.287. The Morgan fingerprint density at radius 3 is 2.46 bits per heavy atom. The highest BCUT2D eigenvalue weighted by atomic mass is 35.5. The van der Waals surface area contributed by atoms with E-state index in [4.69, 9.17) is 16.3 Å². The molecule has 0 aliphatic heterocycles. The Hall–Kier alpha value is -3.05. The minimum Gasteiger partial charge on any atom is -0.489 e. The quantitative estimate of drug-likeness (QED) is 0.667. The largest absolute Gasteiger partial charge is 0.489 e. The van der Waals surface area contributed by atoms with Crippen LogP contribution < -0.4 is 15.4 Å². The van der Waals surface area contributed by atoms with E-state index >= 15 is 0 Å². The van der Waals surface area contributed by atoms with E-state index in [1.807, 2.05) is 54.6 Å². The molecule has 3 rings (SSSR count). The Morgan fingerprint density at radius 2 is 1.77 bits per heavy atom. The zero-order valence-electron chi connectivity index (χ0n) is 14.0. The fourth-order valence-electron chi connectivity index (χ4n) is 2.23. The number of hydrogen-bond donors (Lipinski definition) is 2. The van der Waals surface area contributed by atoms with Gasteiger partial charge in [-0.1, -0.05) is 29.8 Å². The van der Waals surface area contributed by atoms with Crippen LogP contribution >= 0.6 is 11.6 Å². The summed E-state index contributed by atoms with van der Waals surface area (Å²) in [5, 5.41) is 6.23. The number of anilines is 1. The number of urea groups is 1. The molecule has 0 saturated heterocycles. The molecule has 2 aromatic carbocycles. The third kappa shape index (κ3) is 5.50. The van der Waals surface area contributed by atoms with Crippen molar-refractivity contribution in [1.82, 2.24) is 10.3 Å². The molecule has 0 aliphatic carbocycles. The van der Waals surface area contributed by atoms with E-state index in [-0.39, 0.29) is 6.03 Å². The van der Waals surface area contributed by atoms with Crippen molar-refractivity contribution in [1.29, 1.82) is 0 Å². The molecule has 1 aromatic heterocycles. The van der Waals surface area contributed by atoms with Crippen LogP contribution in [-0.2, 0) is 13.2 Å². The molecule has 5 nitrogen and oxygen atoms in total. The third-order valence-electron chi connectivity index (χ3n) is 3.59. The molecule has 2 amide bonds. The van der Waals surface area contributed by atoms with Gasteiger partial charge in [-0.05, 0) is 54.1 Å². The predicted molar refractivity (Wildman–Crippen MR) is 102 cm³/mol. The highest BCUT2D eigenvalue weighted by molar-refractivity contribution is 6.30. The molecule has 0 bridgehead atoms. The number of halogens is 1. The molecule has 3 aromatic rings. The average molecular weight is 368 g/mol. The van der Waals surface area contributed by atoms with Gasteiger partial charge in [0.15, 0.2) is 0 Å². The number of benzene rings is 2. The third-order valence-corrected chi connectivity index (χ3v) is 3.84. The molecule has 132 valence electrons. The summed E-state index contributed by atoms with van der Waals surface area (Å²) in [5.74, 6) is 0.722. The van der Waals surface area contributed by atoms with E-state index in [1.165, 1.54) is 0 Å². The number of pyridine rings is 1. The van der Waals surface area contributed by atoms with Crippen LogP contribution in [-0.4, -0.2) is 11.0 Å². The van der Waals surface area contributed by atoms with E-state index < -0.39 is 0 Å².